The molecule has 0 atom stereocenters. The summed E-state index contributed by atoms with van der Waals surface area (Å²) < 4.78 is 1.69. The molecule has 0 N–H and O–H groups in total. The van der Waals surface area contributed by atoms with E-state index in [0.29, 0.717) is 37.4 Å². The molecule has 3 aromatic rings. The molecule has 0 aromatic carbocycles. The summed E-state index contributed by atoms with van der Waals surface area (Å²) in [5.41, 5.74) is 2.88. The van der Waals surface area contributed by atoms with E-state index in [0.717, 1.165) is 16.3 Å². The Morgan fingerprint density at radius 2 is 1.89 bits per heavy atom. The van der Waals surface area contributed by atoms with Crippen molar-refractivity contribution in [1.29, 1.82) is 0 Å². The van der Waals surface area contributed by atoms with E-state index in [1.54, 1.807) is 37.9 Å². The number of hydrogen-bond donors (Lipinski definition) is 0. The number of amides is 2. The van der Waals surface area contributed by atoms with Gasteiger partial charge in [-0.25, -0.2) is 9.50 Å². The number of hydrogen-bond acceptors (Lipinski definition) is 5. The molecular weight excluding hydrogens is 374 g/mol. The molecule has 1 fully saturated rings. The minimum Gasteiger partial charge on any atom is -0.336 e. The van der Waals surface area contributed by atoms with Gasteiger partial charge in [0.1, 0.15) is 5.56 Å². The Kier molecular flexibility index (Phi) is 4.95. The zero-order valence-electron chi connectivity index (χ0n) is 15.8. The Balaban J connectivity index is 1.42. The first-order valence-electron chi connectivity index (χ1n) is 9.14. The Bertz CT molecular complexity index is 1050. The highest BCUT2D eigenvalue weighted by molar-refractivity contribution is 7.10. The SMILES string of the molecule is Cc1cc(C)n2ncc(C(=O)N3CCN(C(=O)C=Cc4cccs4)CC3)c2n1. The molecule has 1 aliphatic heterocycles. The topological polar surface area (TPSA) is 70.8 Å². The van der Waals surface area contributed by atoms with Gasteiger partial charge >= 0.3 is 0 Å². The van der Waals surface area contributed by atoms with Gasteiger partial charge in [-0.3, -0.25) is 9.59 Å². The highest BCUT2D eigenvalue weighted by Crippen LogP contribution is 2.16. The molecule has 0 aliphatic carbocycles. The molecule has 0 saturated carbocycles. The summed E-state index contributed by atoms with van der Waals surface area (Å²) in [6.07, 6.45) is 5.02. The largest absolute Gasteiger partial charge is 0.336 e. The number of nitrogens with zero attached hydrogens (tertiary/aromatic N) is 5. The van der Waals surface area contributed by atoms with Gasteiger partial charge in [0, 0.05) is 48.5 Å². The fourth-order valence-corrected chi connectivity index (χ4v) is 3.98. The number of piperazine rings is 1. The van der Waals surface area contributed by atoms with Crippen LogP contribution in [0.5, 0.6) is 0 Å². The van der Waals surface area contributed by atoms with E-state index in [-0.39, 0.29) is 11.8 Å². The van der Waals surface area contributed by atoms with Gasteiger partial charge in [0.2, 0.25) is 5.91 Å². The van der Waals surface area contributed by atoms with Crippen molar-refractivity contribution in [2.45, 2.75) is 13.8 Å². The Morgan fingerprint density at radius 1 is 1.14 bits per heavy atom. The van der Waals surface area contributed by atoms with Gasteiger partial charge in [-0.05, 0) is 37.4 Å². The predicted octanol–water partition coefficient (Wildman–Crippen LogP) is 2.41. The lowest BCUT2D eigenvalue weighted by Crippen LogP contribution is -2.50. The van der Waals surface area contributed by atoms with Gasteiger partial charge in [-0.2, -0.15) is 5.10 Å². The maximum absolute atomic E-state index is 13.0. The van der Waals surface area contributed by atoms with Crippen molar-refractivity contribution in [3.05, 3.63) is 57.7 Å². The van der Waals surface area contributed by atoms with E-state index in [9.17, 15) is 9.59 Å². The lowest BCUT2D eigenvalue weighted by molar-refractivity contribution is -0.127. The first-order chi connectivity index (χ1) is 13.5. The maximum Gasteiger partial charge on any atom is 0.259 e. The molecule has 1 saturated heterocycles. The maximum atomic E-state index is 13.0. The quantitative estimate of drug-likeness (QED) is 0.639. The van der Waals surface area contributed by atoms with Crippen molar-refractivity contribution in [3.8, 4) is 0 Å². The van der Waals surface area contributed by atoms with Crippen LogP contribution in [-0.2, 0) is 4.79 Å². The van der Waals surface area contributed by atoms with Crippen LogP contribution in [0.25, 0.3) is 11.7 Å². The average molecular weight is 395 g/mol. The molecule has 28 heavy (non-hydrogen) atoms. The molecule has 144 valence electrons. The minimum absolute atomic E-state index is 0.0237. The highest BCUT2D eigenvalue weighted by atomic mass is 32.1. The molecular formula is C20H21N5O2S. The summed E-state index contributed by atoms with van der Waals surface area (Å²) in [7, 11) is 0. The third-order valence-corrected chi connectivity index (χ3v) is 5.66. The number of aryl methyl sites for hydroxylation is 2. The minimum atomic E-state index is -0.0891. The van der Waals surface area contributed by atoms with Gasteiger partial charge in [0.05, 0.1) is 6.20 Å². The van der Waals surface area contributed by atoms with E-state index >= 15 is 0 Å². The smallest absolute Gasteiger partial charge is 0.259 e. The van der Waals surface area contributed by atoms with Crippen LogP contribution in [0.15, 0.2) is 35.9 Å². The molecule has 8 heteroatoms. The third kappa shape index (κ3) is 3.55. The Morgan fingerprint density at radius 3 is 2.61 bits per heavy atom. The van der Waals surface area contributed by atoms with E-state index in [2.05, 4.69) is 10.1 Å². The Labute approximate surface area is 166 Å². The zero-order chi connectivity index (χ0) is 19.7. The van der Waals surface area contributed by atoms with Crippen molar-refractivity contribution < 1.29 is 9.59 Å². The first-order valence-corrected chi connectivity index (χ1v) is 10.0. The highest BCUT2D eigenvalue weighted by Gasteiger charge is 2.26. The summed E-state index contributed by atoms with van der Waals surface area (Å²) in [6.45, 7) is 5.88. The second-order valence-electron chi connectivity index (χ2n) is 6.80. The second kappa shape index (κ2) is 7.55. The number of thiophene rings is 1. The number of rotatable bonds is 3. The monoisotopic (exact) mass is 395 g/mol. The molecule has 0 radical (unpaired) electrons. The van der Waals surface area contributed by atoms with Gasteiger partial charge < -0.3 is 9.80 Å². The van der Waals surface area contributed by atoms with Crippen molar-refractivity contribution in [3.63, 3.8) is 0 Å². The van der Waals surface area contributed by atoms with Gasteiger partial charge in [0.25, 0.3) is 5.91 Å². The van der Waals surface area contributed by atoms with Crippen molar-refractivity contribution in [2.75, 3.05) is 26.2 Å². The van der Waals surface area contributed by atoms with Crippen LogP contribution in [0.1, 0.15) is 26.6 Å². The van der Waals surface area contributed by atoms with Crippen LogP contribution < -0.4 is 0 Å². The fourth-order valence-electron chi connectivity index (χ4n) is 3.37. The van der Waals surface area contributed by atoms with Crippen molar-refractivity contribution in [2.24, 2.45) is 0 Å². The molecule has 2 amide bonds. The van der Waals surface area contributed by atoms with Crippen molar-refractivity contribution in [1.82, 2.24) is 24.4 Å². The van der Waals surface area contributed by atoms with Crippen LogP contribution in [-0.4, -0.2) is 62.4 Å². The molecule has 3 aromatic heterocycles. The van der Waals surface area contributed by atoms with E-state index in [4.69, 9.17) is 0 Å². The van der Waals surface area contributed by atoms with Gasteiger partial charge in [-0.1, -0.05) is 6.07 Å². The standard InChI is InChI=1S/C20H21N5O2S/c1-14-12-15(2)25-19(22-14)17(13-21-25)20(27)24-9-7-23(8-10-24)18(26)6-5-16-4-3-11-28-16/h3-6,11-13H,7-10H2,1-2H3. The van der Waals surface area contributed by atoms with Crippen LogP contribution >= 0.6 is 11.3 Å². The molecule has 0 unspecified atom stereocenters. The first kappa shape index (κ1) is 18.4. The number of carbonyl (C=O) groups is 2. The fraction of sp³-hybridized carbons (Fsp3) is 0.300. The molecule has 4 rings (SSSR count). The summed E-state index contributed by atoms with van der Waals surface area (Å²) in [5, 5.41) is 6.28. The van der Waals surface area contributed by atoms with Crippen LogP contribution in [0.4, 0.5) is 0 Å². The molecule has 1 aliphatic rings. The van der Waals surface area contributed by atoms with E-state index in [1.165, 1.54) is 0 Å². The normalized spacial score (nSPS) is 14.9. The summed E-state index contributed by atoms with van der Waals surface area (Å²) >= 11 is 1.59. The molecule has 4 heterocycles. The number of carbonyl (C=O) groups excluding carboxylic acids is 2. The number of fused-ring (bicyclic) bond motifs is 1. The Hall–Kier alpha value is -3.00. The lowest BCUT2D eigenvalue weighted by Gasteiger charge is -2.34. The van der Waals surface area contributed by atoms with E-state index in [1.807, 2.05) is 43.5 Å². The summed E-state index contributed by atoms with van der Waals surface area (Å²) in [6, 6.07) is 5.86. The lowest BCUT2D eigenvalue weighted by atomic mass is 10.2. The van der Waals surface area contributed by atoms with Crippen LogP contribution in [0.2, 0.25) is 0 Å². The zero-order valence-corrected chi connectivity index (χ0v) is 16.6. The predicted molar refractivity (Wildman–Crippen MR) is 108 cm³/mol. The number of aromatic nitrogens is 3. The van der Waals surface area contributed by atoms with E-state index < -0.39 is 0 Å². The van der Waals surface area contributed by atoms with Crippen LogP contribution in [0.3, 0.4) is 0 Å². The molecule has 0 bridgehead atoms. The second-order valence-corrected chi connectivity index (χ2v) is 7.78. The average Bonchev–Trinajstić information content (AvgIpc) is 3.35. The third-order valence-electron chi connectivity index (χ3n) is 4.82. The van der Waals surface area contributed by atoms with Crippen molar-refractivity contribution >= 4 is 34.9 Å². The van der Waals surface area contributed by atoms with Gasteiger partial charge in [-0.15, -0.1) is 11.3 Å². The van der Waals surface area contributed by atoms with Gasteiger partial charge in [0.15, 0.2) is 5.65 Å². The van der Waals surface area contributed by atoms with Crippen LogP contribution in [0, 0.1) is 13.8 Å². The summed E-state index contributed by atoms with van der Waals surface area (Å²) in [4.78, 5) is 34.4. The summed E-state index contributed by atoms with van der Waals surface area (Å²) in [5.74, 6) is -0.113. The molecule has 0 spiro atoms. The molecule has 7 nitrogen and oxygen atoms in total.